The van der Waals surface area contributed by atoms with Gasteiger partial charge in [-0.2, -0.15) is 0 Å². The molecule has 0 aliphatic carbocycles. The second-order valence-electron chi connectivity index (χ2n) is 5.69. The lowest BCUT2D eigenvalue weighted by Crippen LogP contribution is -2.12. The van der Waals surface area contributed by atoms with Gasteiger partial charge in [-0.25, -0.2) is 4.98 Å². The van der Waals surface area contributed by atoms with Crippen LogP contribution in [0.5, 0.6) is 0 Å². The lowest BCUT2D eigenvalue weighted by molar-refractivity contribution is 0.748. The first-order chi connectivity index (χ1) is 12.6. The van der Waals surface area contributed by atoms with Crippen LogP contribution in [0.1, 0.15) is 17.1 Å². The lowest BCUT2D eigenvalue weighted by Gasteiger charge is -2.04. The molecule has 0 amide bonds. The summed E-state index contributed by atoms with van der Waals surface area (Å²) in [5.74, 6) is 1.44. The van der Waals surface area contributed by atoms with Crippen molar-refractivity contribution in [3.63, 3.8) is 0 Å². The topological polar surface area (TPSA) is 65.1 Å². The molecule has 0 aliphatic heterocycles. The summed E-state index contributed by atoms with van der Waals surface area (Å²) in [7, 11) is 1.94. The molecule has 0 saturated heterocycles. The van der Waals surface area contributed by atoms with Gasteiger partial charge < -0.3 is 4.57 Å². The van der Waals surface area contributed by atoms with Crippen LogP contribution in [0.15, 0.2) is 51.9 Å². The molecule has 6 nitrogen and oxygen atoms in total. The van der Waals surface area contributed by atoms with Crippen LogP contribution in [0.25, 0.3) is 4.96 Å². The van der Waals surface area contributed by atoms with Crippen molar-refractivity contribution in [3.05, 3.63) is 74.4 Å². The van der Waals surface area contributed by atoms with Crippen LogP contribution in [0.4, 0.5) is 0 Å². The number of nitrogens with zero attached hydrogens (tertiary/aromatic N) is 5. The van der Waals surface area contributed by atoms with E-state index in [2.05, 4.69) is 15.2 Å². The van der Waals surface area contributed by atoms with Crippen LogP contribution >= 0.6 is 34.7 Å². The zero-order valence-electron chi connectivity index (χ0n) is 13.8. The number of benzene rings is 1. The van der Waals surface area contributed by atoms with Gasteiger partial charge in [0, 0.05) is 41.9 Å². The summed E-state index contributed by atoms with van der Waals surface area (Å²) in [5.41, 5.74) is 1.80. The third-order valence-electron chi connectivity index (χ3n) is 3.91. The third kappa shape index (κ3) is 3.53. The first-order valence-corrected chi connectivity index (χ1v) is 10.1. The number of halogens is 1. The number of hydrogen-bond acceptors (Lipinski definition) is 6. The maximum Gasteiger partial charge on any atom is 0.258 e. The maximum atomic E-state index is 12.0. The molecule has 0 saturated carbocycles. The van der Waals surface area contributed by atoms with Crippen molar-refractivity contribution in [2.45, 2.75) is 17.3 Å². The summed E-state index contributed by atoms with van der Waals surface area (Å²) in [5, 5.41) is 11.9. The summed E-state index contributed by atoms with van der Waals surface area (Å²) in [6, 6.07) is 9.27. The summed E-state index contributed by atoms with van der Waals surface area (Å²) in [6.45, 7) is 0. The molecule has 0 N–H and O–H groups in total. The van der Waals surface area contributed by atoms with Gasteiger partial charge >= 0.3 is 0 Å². The average molecular weight is 404 g/mol. The minimum Gasteiger partial charge on any atom is -0.309 e. The third-order valence-corrected chi connectivity index (χ3v) is 5.97. The van der Waals surface area contributed by atoms with Gasteiger partial charge in [-0.1, -0.05) is 35.5 Å². The van der Waals surface area contributed by atoms with Crippen molar-refractivity contribution >= 4 is 39.7 Å². The largest absolute Gasteiger partial charge is 0.309 e. The monoisotopic (exact) mass is 403 g/mol. The fourth-order valence-corrected chi connectivity index (χ4v) is 4.20. The van der Waals surface area contributed by atoms with Crippen LogP contribution in [0, 0.1) is 0 Å². The predicted octanol–water partition coefficient (Wildman–Crippen LogP) is 3.42. The van der Waals surface area contributed by atoms with Crippen molar-refractivity contribution in [1.29, 1.82) is 0 Å². The van der Waals surface area contributed by atoms with E-state index in [4.69, 9.17) is 11.6 Å². The lowest BCUT2D eigenvalue weighted by atomic mass is 10.1. The Bertz CT molecular complexity index is 1120. The fraction of sp³-hybridized carbons (Fsp3) is 0.176. The van der Waals surface area contributed by atoms with E-state index in [1.165, 1.54) is 23.1 Å². The Kier molecular flexibility index (Phi) is 4.80. The number of thioether (sulfide) groups is 1. The molecule has 0 fully saturated rings. The predicted molar refractivity (Wildman–Crippen MR) is 104 cm³/mol. The maximum absolute atomic E-state index is 12.0. The van der Waals surface area contributed by atoms with Crippen LogP contribution in [-0.2, 0) is 19.2 Å². The molecule has 4 aromatic rings. The van der Waals surface area contributed by atoms with Crippen LogP contribution < -0.4 is 5.56 Å². The molecule has 0 bridgehead atoms. The van der Waals surface area contributed by atoms with Gasteiger partial charge in [-0.05, 0) is 17.7 Å². The summed E-state index contributed by atoms with van der Waals surface area (Å²) < 4.78 is 3.52. The Labute approximate surface area is 162 Å². The highest BCUT2D eigenvalue weighted by atomic mass is 35.5. The molecule has 26 heavy (non-hydrogen) atoms. The number of aromatic nitrogens is 5. The van der Waals surface area contributed by atoms with Gasteiger partial charge in [0.2, 0.25) is 0 Å². The number of thiazole rings is 1. The zero-order chi connectivity index (χ0) is 18.1. The van der Waals surface area contributed by atoms with Gasteiger partial charge in [0.05, 0.1) is 5.69 Å². The Balaban J connectivity index is 1.49. The van der Waals surface area contributed by atoms with Crippen molar-refractivity contribution in [3.8, 4) is 0 Å². The highest BCUT2D eigenvalue weighted by Gasteiger charge is 2.11. The molecular weight excluding hydrogens is 390 g/mol. The number of hydrogen-bond donors (Lipinski definition) is 0. The molecule has 0 spiro atoms. The van der Waals surface area contributed by atoms with Crippen molar-refractivity contribution < 1.29 is 0 Å². The van der Waals surface area contributed by atoms with Gasteiger partial charge in [0.25, 0.3) is 5.56 Å². The first-order valence-electron chi connectivity index (χ1n) is 7.81. The van der Waals surface area contributed by atoms with Crippen LogP contribution in [-0.4, -0.2) is 24.1 Å². The van der Waals surface area contributed by atoms with E-state index >= 15 is 0 Å². The molecule has 0 aliphatic rings. The minimum atomic E-state index is -0.0618. The summed E-state index contributed by atoms with van der Waals surface area (Å²) in [6.07, 6.45) is 2.42. The molecule has 1 aromatic carbocycles. The van der Waals surface area contributed by atoms with Crippen LogP contribution in [0.3, 0.4) is 0 Å². The molecule has 132 valence electrons. The Morgan fingerprint density at radius 1 is 1.23 bits per heavy atom. The zero-order valence-corrected chi connectivity index (χ0v) is 16.2. The highest BCUT2D eigenvalue weighted by Crippen LogP contribution is 2.21. The van der Waals surface area contributed by atoms with E-state index in [1.807, 2.05) is 41.3 Å². The van der Waals surface area contributed by atoms with Gasteiger partial charge in [0.15, 0.2) is 10.1 Å². The Hall–Kier alpha value is -2.16. The smallest absolute Gasteiger partial charge is 0.258 e. The van der Waals surface area contributed by atoms with Gasteiger partial charge in [-0.15, -0.1) is 21.5 Å². The molecule has 3 aromatic heterocycles. The van der Waals surface area contributed by atoms with Crippen molar-refractivity contribution in [2.75, 3.05) is 0 Å². The number of fused-ring (bicyclic) bond motifs is 1. The van der Waals surface area contributed by atoms with E-state index in [9.17, 15) is 4.79 Å². The Morgan fingerprint density at radius 2 is 2.04 bits per heavy atom. The second-order valence-corrected chi connectivity index (χ2v) is 7.94. The minimum absolute atomic E-state index is 0.0618. The van der Waals surface area contributed by atoms with Gasteiger partial charge in [-0.3, -0.25) is 9.20 Å². The fourth-order valence-electron chi connectivity index (χ4n) is 2.51. The van der Waals surface area contributed by atoms with E-state index < -0.39 is 0 Å². The first kappa shape index (κ1) is 17.3. The molecule has 0 radical (unpaired) electrons. The molecule has 9 heteroatoms. The van der Waals surface area contributed by atoms with Crippen molar-refractivity contribution in [1.82, 2.24) is 24.1 Å². The van der Waals surface area contributed by atoms with E-state index in [0.29, 0.717) is 22.2 Å². The van der Waals surface area contributed by atoms with Crippen molar-refractivity contribution in [2.24, 2.45) is 7.05 Å². The average Bonchev–Trinajstić information content (AvgIpc) is 3.23. The molecule has 3 heterocycles. The number of rotatable bonds is 5. The quantitative estimate of drug-likeness (QED) is 0.478. The molecular formula is C17H14ClN5OS2. The molecule has 0 atom stereocenters. The summed E-state index contributed by atoms with van der Waals surface area (Å²) in [4.78, 5) is 17.3. The molecule has 0 unspecified atom stereocenters. The highest BCUT2D eigenvalue weighted by molar-refractivity contribution is 7.98. The summed E-state index contributed by atoms with van der Waals surface area (Å²) >= 11 is 8.89. The normalized spacial score (nSPS) is 11.3. The van der Waals surface area contributed by atoms with E-state index in [1.54, 1.807) is 16.7 Å². The van der Waals surface area contributed by atoms with Gasteiger partial charge in [0.1, 0.15) is 5.82 Å². The Morgan fingerprint density at radius 3 is 2.85 bits per heavy atom. The second kappa shape index (κ2) is 7.22. The standard InChI is InChI=1S/C17H14ClN5OS2/c1-22-14(8-11-2-4-12(18)5-3-11)20-21-17(22)26-10-13-9-15(24)23-6-7-25-16(23)19-13/h2-7,9H,8,10H2,1H3. The SMILES string of the molecule is Cn1c(Cc2ccc(Cl)cc2)nnc1SCc1cc(=O)n2ccsc2n1. The van der Waals surface area contributed by atoms with Crippen LogP contribution in [0.2, 0.25) is 5.02 Å². The molecule has 4 rings (SSSR count). The van der Waals surface area contributed by atoms with E-state index in [0.717, 1.165) is 22.2 Å². The van der Waals surface area contributed by atoms with E-state index in [-0.39, 0.29) is 5.56 Å².